The monoisotopic (exact) mass is 267 g/mol. The zero-order chi connectivity index (χ0) is 13.8. The molecular formula is C17H19N2O+. The summed E-state index contributed by atoms with van der Waals surface area (Å²) in [6.07, 6.45) is 1.10. The first-order valence-corrected chi connectivity index (χ1v) is 7.05. The van der Waals surface area contributed by atoms with Crippen LogP contribution in [0.2, 0.25) is 0 Å². The van der Waals surface area contributed by atoms with E-state index >= 15 is 0 Å². The van der Waals surface area contributed by atoms with Crippen LogP contribution in [0.1, 0.15) is 19.2 Å². The van der Waals surface area contributed by atoms with Gasteiger partial charge >= 0.3 is 0 Å². The maximum absolute atomic E-state index is 5.86. The lowest BCUT2D eigenvalue weighted by Crippen LogP contribution is -2.37. The third-order valence-corrected chi connectivity index (χ3v) is 3.37. The average molecular weight is 267 g/mol. The Labute approximate surface area is 118 Å². The van der Waals surface area contributed by atoms with Crippen LogP contribution >= 0.6 is 0 Å². The molecule has 102 valence electrons. The smallest absolute Gasteiger partial charge is 0.293 e. The van der Waals surface area contributed by atoms with Crippen molar-refractivity contribution in [3.63, 3.8) is 0 Å². The van der Waals surface area contributed by atoms with Gasteiger partial charge in [0.1, 0.15) is 5.75 Å². The number of imidazole rings is 1. The molecule has 1 heterocycles. The number of nitrogens with zero attached hydrogens (tertiary/aromatic N) is 1. The fourth-order valence-corrected chi connectivity index (χ4v) is 2.44. The van der Waals surface area contributed by atoms with Gasteiger partial charge in [-0.25, -0.2) is 9.55 Å². The number of benzene rings is 2. The lowest BCUT2D eigenvalue weighted by Gasteiger charge is -2.04. The molecule has 0 radical (unpaired) electrons. The van der Waals surface area contributed by atoms with E-state index in [2.05, 4.69) is 40.7 Å². The Hall–Kier alpha value is -2.29. The molecule has 0 aliphatic heterocycles. The zero-order valence-corrected chi connectivity index (χ0v) is 11.7. The molecule has 0 unspecified atom stereocenters. The number of para-hydroxylation sites is 3. The first-order valence-electron chi connectivity index (χ1n) is 7.05. The summed E-state index contributed by atoms with van der Waals surface area (Å²) in [6, 6.07) is 18.3. The third-order valence-electron chi connectivity index (χ3n) is 3.37. The van der Waals surface area contributed by atoms with Gasteiger partial charge in [0.2, 0.25) is 0 Å². The minimum absolute atomic E-state index is 0.554. The quantitative estimate of drug-likeness (QED) is 0.705. The van der Waals surface area contributed by atoms with Crippen LogP contribution in [0.3, 0.4) is 0 Å². The highest BCUT2D eigenvalue weighted by atomic mass is 16.5. The standard InChI is InChI=1S/C17H18N2O/c1-2-12-19-16-11-7-6-10-15(16)18-17(19)13-20-14-8-4-3-5-9-14/h3-11H,2,12-13H2,1H3/p+1. The van der Waals surface area contributed by atoms with Gasteiger partial charge in [-0.2, -0.15) is 0 Å². The van der Waals surface area contributed by atoms with Gasteiger partial charge in [0.25, 0.3) is 5.82 Å². The van der Waals surface area contributed by atoms with Crippen molar-refractivity contribution in [1.82, 2.24) is 4.98 Å². The van der Waals surface area contributed by atoms with Crippen molar-refractivity contribution in [2.75, 3.05) is 0 Å². The van der Waals surface area contributed by atoms with E-state index < -0.39 is 0 Å². The van der Waals surface area contributed by atoms with Crippen molar-refractivity contribution in [2.24, 2.45) is 0 Å². The van der Waals surface area contributed by atoms with E-state index in [1.54, 1.807) is 0 Å². The van der Waals surface area contributed by atoms with Gasteiger partial charge in [-0.3, -0.25) is 0 Å². The summed E-state index contributed by atoms with van der Waals surface area (Å²) in [5.74, 6) is 2.01. The third kappa shape index (κ3) is 2.52. The highest BCUT2D eigenvalue weighted by Gasteiger charge is 2.17. The Morgan fingerprint density at radius 1 is 1.00 bits per heavy atom. The zero-order valence-electron chi connectivity index (χ0n) is 11.7. The highest BCUT2D eigenvalue weighted by Crippen LogP contribution is 2.13. The van der Waals surface area contributed by atoms with Crippen LogP contribution in [0, 0.1) is 0 Å². The number of rotatable bonds is 5. The summed E-state index contributed by atoms with van der Waals surface area (Å²) in [5.41, 5.74) is 2.40. The van der Waals surface area contributed by atoms with Gasteiger partial charge in [-0.05, 0) is 30.7 Å². The number of nitrogens with one attached hydrogen (secondary N) is 1. The average Bonchev–Trinajstić information content (AvgIpc) is 2.85. The summed E-state index contributed by atoms with van der Waals surface area (Å²) < 4.78 is 8.16. The van der Waals surface area contributed by atoms with E-state index in [1.807, 2.05) is 30.3 Å². The fraction of sp³-hybridized carbons (Fsp3) is 0.235. The molecule has 0 atom stereocenters. The van der Waals surface area contributed by atoms with Gasteiger partial charge < -0.3 is 4.74 Å². The molecule has 1 N–H and O–H groups in total. The molecule has 0 saturated carbocycles. The number of aromatic nitrogens is 2. The van der Waals surface area contributed by atoms with Crippen molar-refractivity contribution >= 4 is 11.0 Å². The lowest BCUT2D eigenvalue weighted by molar-refractivity contribution is -0.680. The molecule has 20 heavy (non-hydrogen) atoms. The Bertz CT molecular complexity index is 689. The summed E-state index contributed by atoms with van der Waals surface area (Å²) >= 11 is 0. The van der Waals surface area contributed by atoms with E-state index in [-0.39, 0.29) is 0 Å². The predicted molar refractivity (Wildman–Crippen MR) is 79.6 cm³/mol. The number of hydrogen-bond acceptors (Lipinski definition) is 1. The molecule has 3 heteroatoms. The van der Waals surface area contributed by atoms with E-state index in [9.17, 15) is 0 Å². The van der Waals surface area contributed by atoms with Gasteiger partial charge in [-0.1, -0.05) is 37.3 Å². The van der Waals surface area contributed by atoms with Crippen LogP contribution in [0.5, 0.6) is 5.75 Å². The normalized spacial score (nSPS) is 10.8. The van der Waals surface area contributed by atoms with Gasteiger partial charge in [0.15, 0.2) is 17.6 Å². The molecule has 3 nitrogen and oxygen atoms in total. The minimum Gasteiger partial charge on any atom is -0.481 e. The Balaban J connectivity index is 1.88. The van der Waals surface area contributed by atoms with Crippen LogP contribution in [0.15, 0.2) is 54.6 Å². The topological polar surface area (TPSA) is 28.9 Å². The maximum atomic E-state index is 5.86. The van der Waals surface area contributed by atoms with Crippen LogP contribution < -0.4 is 9.30 Å². The fourth-order valence-electron chi connectivity index (χ4n) is 2.44. The highest BCUT2D eigenvalue weighted by molar-refractivity contribution is 5.70. The number of ether oxygens (including phenoxy) is 1. The van der Waals surface area contributed by atoms with Crippen molar-refractivity contribution in [1.29, 1.82) is 0 Å². The molecule has 2 aromatic carbocycles. The molecule has 3 rings (SSSR count). The summed E-state index contributed by atoms with van der Waals surface area (Å²) in [5, 5.41) is 0. The summed E-state index contributed by atoms with van der Waals surface area (Å²) in [4.78, 5) is 3.46. The summed E-state index contributed by atoms with van der Waals surface area (Å²) in [6.45, 7) is 3.74. The van der Waals surface area contributed by atoms with E-state index in [0.29, 0.717) is 6.61 Å². The number of aromatic amines is 1. The molecule has 0 aliphatic rings. The van der Waals surface area contributed by atoms with Gasteiger partial charge in [-0.15, -0.1) is 0 Å². The Kier molecular flexibility index (Phi) is 3.68. The van der Waals surface area contributed by atoms with Crippen molar-refractivity contribution in [3.8, 4) is 5.75 Å². The van der Waals surface area contributed by atoms with Crippen molar-refractivity contribution in [2.45, 2.75) is 26.5 Å². The second kappa shape index (κ2) is 5.78. The largest absolute Gasteiger partial charge is 0.481 e. The number of hydrogen-bond donors (Lipinski definition) is 1. The molecule has 0 fully saturated rings. The van der Waals surface area contributed by atoms with Gasteiger partial charge in [0.05, 0.1) is 6.54 Å². The molecule has 0 aliphatic carbocycles. The lowest BCUT2D eigenvalue weighted by atomic mass is 10.3. The first-order chi connectivity index (χ1) is 9.88. The second-order valence-electron chi connectivity index (χ2n) is 4.84. The maximum Gasteiger partial charge on any atom is 0.293 e. The van der Waals surface area contributed by atoms with E-state index in [1.165, 1.54) is 5.52 Å². The molecule has 0 amide bonds. The Morgan fingerprint density at radius 2 is 1.75 bits per heavy atom. The van der Waals surface area contributed by atoms with Crippen molar-refractivity contribution < 1.29 is 9.30 Å². The van der Waals surface area contributed by atoms with Crippen LogP contribution in [0.25, 0.3) is 11.0 Å². The molecule has 0 bridgehead atoms. The first kappa shape index (κ1) is 12.7. The van der Waals surface area contributed by atoms with E-state index in [4.69, 9.17) is 4.74 Å². The van der Waals surface area contributed by atoms with Gasteiger partial charge in [0, 0.05) is 0 Å². The molecular weight excluding hydrogens is 248 g/mol. The van der Waals surface area contributed by atoms with Crippen LogP contribution in [-0.4, -0.2) is 4.98 Å². The van der Waals surface area contributed by atoms with Crippen LogP contribution in [0.4, 0.5) is 0 Å². The van der Waals surface area contributed by atoms with E-state index in [0.717, 1.165) is 30.1 Å². The predicted octanol–water partition coefficient (Wildman–Crippen LogP) is 3.44. The van der Waals surface area contributed by atoms with Crippen LogP contribution in [-0.2, 0) is 13.2 Å². The number of aryl methyl sites for hydroxylation is 1. The SMILES string of the molecule is CCC[n+]1c(COc2ccccc2)[nH]c2ccccc21. The second-order valence-corrected chi connectivity index (χ2v) is 4.84. The molecule has 0 spiro atoms. The Morgan fingerprint density at radius 3 is 2.55 bits per heavy atom. The molecule has 1 aromatic heterocycles. The number of H-pyrrole nitrogens is 1. The summed E-state index contributed by atoms with van der Waals surface area (Å²) in [7, 11) is 0. The minimum atomic E-state index is 0.554. The molecule has 0 saturated heterocycles. The molecule has 3 aromatic rings. The number of fused-ring (bicyclic) bond motifs is 1. The van der Waals surface area contributed by atoms with Crippen molar-refractivity contribution in [3.05, 3.63) is 60.4 Å².